The highest BCUT2D eigenvalue weighted by Crippen LogP contribution is 2.33. The summed E-state index contributed by atoms with van der Waals surface area (Å²) >= 11 is 0. The number of aliphatic hydroxyl groups is 1. The van der Waals surface area contributed by atoms with Gasteiger partial charge >= 0.3 is 0 Å². The Hall–Kier alpha value is -3.47. The summed E-state index contributed by atoms with van der Waals surface area (Å²) in [5.74, 6) is 0.0108. The summed E-state index contributed by atoms with van der Waals surface area (Å²) in [6.07, 6.45) is 0.144. The normalized spacial score (nSPS) is 17.8. The number of carbonyl (C=O) groups is 1. The predicted molar refractivity (Wildman–Crippen MR) is 122 cm³/mol. The SMILES string of the molecule is Cc1nc2c(C(O)C(=O)N3CC4=C(C3)CN(S(=O)(=O)c3ccc5ccoc5c3)C4)cccc2o1. The van der Waals surface area contributed by atoms with Crippen molar-refractivity contribution in [3.63, 3.8) is 0 Å². The minimum atomic E-state index is -3.71. The summed E-state index contributed by atoms with van der Waals surface area (Å²) in [5, 5.41) is 11.7. The van der Waals surface area contributed by atoms with Crippen molar-refractivity contribution in [1.29, 1.82) is 0 Å². The molecule has 1 amide bonds. The summed E-state index contributed by atoms with van der Waals surface area (Å²) in [6, 6.07) is 11.7. The summed E-state index contributed by atoms with van der Waals surface area (Å²) < 4.78 is 38.6. The van der Waals surface area contributed by atoms with Gasteiger partial charge in [0.2, 0.25) is 10.0 Å². The molecule has 0 spiro atoms. The first kappa shape index (κ1) is 21.1. The molecule has 1 N–H and O–H groups in total. The number of rotatable bonds is 4. The number of aromatic nitrogens is 1. The van der Waals surface area contributed by atoms with Gasteiger partial charge in [-0.15, -0.1) is 0 Å². The van der Waals surface area contributed by atoms with Crippen LogP contribution in [0.4, 0.5) is 0 Å². The summed E-state index contributed by atoms with van der Waals surface area (Å²) in [4.78, 5) is 19.1. The fourth-order valence-electron chi connectivity index (χ4n) is 4.72. The Labute approximate surface area is 194 Å². The minimum absolute atomic E-state index is 0.176. The molecule has 0 bridgehead atoms. The van der Waals surface area contributed by atoms with Crippen LogP contribution in [0.15, 0.2) is 73.6 Å². The third kappa shape index (κ3) is 3.25. The van der Waals surface area contributed by atoms with E-state index in [4.69, 9.17) is 8.83 Å². The van der Waals surface area contributed by atoms with Crippen LogP contribution in [-0.4, -0.2) is 59.8 Å². The minimum Gasteiger partial charge on any atom is -0.464 e. The molecule has 2 aliphatic rings. The molecule has 0 saturated heterocycles. The number of benzene rings is 2. The molecule has 1 atom stereocenters. The predicted octanol–water partition coefficient (Wildman–Crippen LogP) is 2.76. The largest absolute Gasteiger partial charge is 0.464 e. The zero-order valence-corrected chi connectivity index (χ0v) is 19.1. The number of sulfonamides is 1. The van der Waals surface area contributed by atoms with E-state index < -0.39 is 22.0 Å². The lowest BCUT2D eigenvalue weighted by Crippen LogP contribution is -2.38. The second-order valence-electron chi connectivity index (χ2n) is 8.62. The second-order valence-corrected chi connectivity index (χ2v) is 10.6. The summed E-state index contributed by atoms with van der Waals surface area (Å²) in [5.41, 5.74) is 3.66. The number of furan rings is 1. The average Bonchev–Trinajstić information content (AvgIpc) is 3.58. The van der Waals surface area contributed by atoms with Crippen LogP contribution in [0, 0.1) is 6.92 Å². The maximum absolute atomic E-state index is 13.2. The molecule has 2 aromatic carbocycles. The van der Waals surface area contributed by atoms with Gasteiger partial charge in [-0.25, -0.2) is 13.4 Å². The Morgan fingerprint density at radius 2 is 1.82 bits per heavy atom. The summed E-state index contributed by atoms with van der Waals surface area (Å²) in [6.45, 7) is 2.70. The number of oxazole rings is 1. The van der Waals surface area contributed by atoms with Crippen LogP contribution >= 0.6 is 0 Å². The van der Waals surface area contributed by atoms with E-state index in [0.29, 0.717) is 28.1 Å². The van der Waals surface area contributed by atoms with Crippen molar-refractivity contribution in [2.75, 3.05) is 26.2 Å². The van der Waals surface area contributed by atoms with E-state index in [0.717, 1.165) is 16.5 Å². The molecule has 4 aromatic rings. The van der Waals surface area contributed by atoms with Crippen molar-refractivity contribution >= 4 is 38.0 Å². The first-order chi connectivity index (χ1) is 16.3. The number of hydrogen-bond donors (Lipinski definition) is 1. The van der Waals surface area contributed by atoms with Gasteiger partial charge < -0.3 is 18.8 Å². The first-order valence-corrected chi connectivity index (χ1v) is 12.3. The smallest absolute Gasteiger partial charge is 0.256 e. The molecule has 0 radical (unpaired) electrons. The van der Waals surface area contributed by atoms with Gasteiger partial charge in [0.15, 0.2) is 17.6 Å². The van der Waals surface area contributed by atoms with Gasteiger partial charge in [0.25, 0.3) is 5.91 Å². The van der Waals surface area contributed by atoms with Gasteiger partial charge in [0.1, 0.15) is 11.1 Å². The Bertz CT molecular complexity index is 1580. The first-order valence-electron chi connectivity index (χ1n) is 10.8. The molecular weight excluding hydrogens is 458 g/mol. The highest BCUT2D eigenvalue weighted by atomic mass is 32.2. The van der Waals surface area contributed by atoms with Crippen molar-refractivity contribution in [3.05, 3.63) is 71.3 Å². The lowest BCUT2D eigenvalue weighted by atomic mass is 10.1. The van der Waals surface area contributed by atoms with Gasteiger partial charge in [-0.05, 0) is 35.4 Å². The Balaban J connectivity index is 1.17. The zero-order valence-electron chi connectivity index (χ0n) is 18.3. The molecule has 0 saturated carbocycles. The van der Waals surface area contributed by atoms with E-state index in [2.05, 4.69) is 4.98 Å². The third-order valence-corrected chi connectivity index (χ3v) is 8.25. The fraction of sp³-hybridized carbons (Fsp3) is 0.250. The lowest BCUT2D eigenvalue weighted by Gasteiger charge is -2.24. The molecule has 1 unspecified atom stereocenters. The van der Waals surface area contributed by atoms with Crippen LogP contribution in [0.25, 0.3) is 22.1 Å². The van der Waals surface area contributed by atoms with Crippen molar-refractivity contribution in [3.8, 4) is 0 Å². The number of aliphatic hydroxyl groups excluding tert-OH is 1. The second kappa shape index (κ2) is 7.52. The van der Waals surface area contributed by atoms with Crippen LogP contribution in [0.3, 0.4) is 0 Å². The van der Waals surface area contributed by atoms with E-state index >= 15 is 0 Å². The summed E-state index contributed by atoms with van der Waals surface area (Å²) in [7, 11) is -3.71. The number of carbonyl (C=O) groups excluding carboxylic acids is 1. The van der Waals surface area contributed by atoms with Crippen molar-refractivity contribution in [2.45, 2.75) is 17.9 Å². The Kier molecular flexibility index (Phi) is 4.67. The number of hydrogen-bond acceptors (Lipinski definition) is 7. The fourth-order valence-corrected chi connectivity index (χ4v) is 6.17. The number of amides is 1. The molecule has 10 heteroatoms. The Morgan fingerprint density at radius 3 is 2.59 bits per heavy atom. The molecular formula is C24H21N3O6S. The van der Waals surface area contributed by atoms with Crippen LogP contribution < -0.4 is 0 Å². The van der Waals surface area contributed by atoms with Crippen LogP contribution in [0.1, 0.15) is 17.6 Å². The number of aryl methyl sites for hydroxylation is 1. The van der Waals surface area contributed by atoms with Gasteiger partial charge in [-0.1, -0.05) is 12.1 Å². The monoisotopic (exact) mass is 479 g/mol. The lowest BCUT2D eigenvalue weighted by molar-refractivity contribution is -0.139. The third-order valence-electron chi connectivity index (χ3n) is 6.46. The average molecular weight is 480 g/mol. The van der Waals surface area contributed by atoms with E-state index in [-0.39, 0.29) is 31.1 Å². The van der Waals surface area contributed by atoms with Gasteiger partial charge in [0.05, 0.1) is 11.2 Å². The molecule has 34 heavy (non-hydrogen) atoms. The highest BCUT2D eigenvalue weighted by Gasteiger charge is 2.39. The van der Waals surface area contributed by atoms with Gasteiger partial charge in [-0.3, -0.25) is 4.79 Å². The maximum atomic E-state index is 13.2. The molecule has 0 fully saturated rings. The van der Waals surface area contributed by atoms with E-state index in [1.54, 1.807) is 48.2 Å². The Morgan fingerprint density at radius 1 is 1.06 bits per heavy atom. The highest BCUT2D eigenvalue weighted by molar-refractivity contribution is 7.89. The molecule has 174 valence electrons. The zero-order chi connectivity index (χ0) is 23.6. The number of fused-ring (bicyclic) bond motifs is 2. The number of para-hydroxylation sites is 1. The van der Waals surface area contributed by atoms with Crippen molar-refractivity contribution in [2.24, 2.45) is 0 Å². The van der Waals surface area contributed by atoms with E-state index in [1.807, 2.05) is 0 Å². The molecule has 4 heterocycles. The van der Waals surface area contributed by atoms with Crippen LogP contribution in [0.2, 0.25) is 0 Å². The maximum Gasteiger partial charge on any atom is 0.256 e. The molecule has 2 aromatic heterocycles. The molecule has 2 aliphatic heterocycles. The van der Waals surface area contributed by atoms with Gasteiger partial charge in [0, 0.05) is 50.1 Å². The van der Waals surface area contributed by atoms with Gasteiger partial charge in [-0.2, -0.15) is 4.31 Å². The quantitative estimate of drug-likeness (QED) is 0.447. The van der Waals surface area contributed by atoms with E-state index in [9.17, 15) is 18.3 Å². The van der Waals surface area contributed by atoms with Crippen molar-refractivity contribution in [1.82, 2.24) is 14.2 Å². The standard InChI is InChI=1S/C24H21N3O6S/c1-14-25-22-19(3-2-4-20(22)33-14)23(28)24(29)26-10-16-12-27(13-17(16)11-26)34(30,31)18-6-5-15-7-8-32-21(15)9-18/h2-9,23,28H,10-13H2,1H3. The number of nitrogens with zero attached hydrogens (tertiary/aromatic N) is 3. The molecule has 0 aliphatic carbocycles. The molecule has 9 nitrogen and oxygen atoms in total. The van der Waals surface area contributed by atoms with E-state index in [1.165, 1.54) is 16.6 Å². The topological polar surface area (TPSA) is 117 Å². The van der Waals surface area contributed by atoms with Crippen molar-refractivity contribution < 1.29 is 27.2 Å². The van der Waals surface area contributed by atoms with Crippen LogP contribution in [-0.2, 0) is 14.8 Å². The van der Waals surface area contributed by atoms with Crippen LogP contribution in [0.5, 0.6) is 0 Å². The molecule has 6 rings (SSSR count).